The highest BCUT2D eigenvalue weighted by atomic mass is 19.1. The largest absolute Gasteiger partial charge is 0.335 e. The number of imidazole rings is 1. The predicted molar refractivity (Wildman–Crippen MR) is 114 cm³/mol. The van der Waals surface area contributed by atoms with E-state index in [-0.39, 0.29) is 5.82 Å². The molecular formula is C24H19FN4. The molecule has 0 radical (unpaired) electrons. The molecule has 29 heavy (non-hydrogen) atoms. The van der Waals surface area contributed by atoms with Gasteiger partial charge >= 0.3 is 0 Å². The van der Waals surface area contributed by atoms with Crippen LogP contribution in [0.4, 0.5) is 4.39 Å². The maximum absolute atomic E-state index is 13.9. The molecule has 0 N–H and O–H groups in total. The van der Waals surface area contributed by atoms with E-state index in [4.69, 9.17) is 4.98 Å². The molecule has 4 nitrogen and oxygen atoms in total. The van der Waals surface area contributed by atoms with Crippen molar-refractivity contribution < 1.29 is 4.39 Å². The second-order valence-corrected chi connectivity index (χ2v) is 7.11. The third-order valence-electron chi connectivity index (χ3n) is 5.32. The topological polar surface area (TPSA) is 35.1 Å². The van der Waals surface area contributed by atoms with Gasteiger partial charge in [-0.2, -0.15) is 0 Å². The maximum atomic E-state index is 13.9. The third-order valence-corrected chi connectivity index (χ3v) is 5.32. The number of aryl methyl sites for hydroxylation is 1. The number of aromatic nitrogens is 4. The van der Waals surface area contributed by atoms with Crippen molar-refractivity contribution >= 4 is 22.6 Å². The van der Waals surface area contributed by atoms with Gasteiger partial charge in [0.2, 0.25) is 0 Å². The van der Waals surface area contributed by atoms with Crippen molar-refractivity contribution in [1.29, 1.82) is 0 Å². The number of nitrogens with zero attached hydrogens (tertiary/aromatic N) is 4. The van der Waals surface area contributed by atoms with Crippen LogP contribution < -0.4 is 0 Å². The van der Waals surface area contributed by atoms with E-state index in [1.165, 1.54) is 6.07 Å². The van der Waals surface area contributed by atoms with E-state index >= 15 is 0 Å². The summed E-state index contributed by atoms with van der Waals surface area (Å²) in [5, 5.41) is 0.859. The van der Waals surface area contributed by atoms with E-state index in [2.05, 4.69) is 27.5 Å². The molecule has 1 aromatic carbocycles. The molecule has 4 heterocycles. The molecule has 0 amide bonds. The van der Waals surface area contributed by atoms with Crippen molar-refractivity contribution in [3.8, 4) is 11.4 Å². The first-order chi connectivity index (χ1) is 14.1. The zero-order chi connectivity index (χ0) is 20.0. The molecule has 0 saturated carbocycles. The Morgan fingerprint density at radius 2 is 1.90 bits per heavy atom. The fourth-order valence-electron chi connectivity index (χ4n) is 3.83. The summed E-state index contributed by atoms with van der Waals surface area (Å²) in [6, 6.07) is 14.9. The molecule has 0 atom stereocenters. The lowest BCUT2D eigenvalue weighted by Crippen LogP contribution is -2.02. The minimum Gasteiger partial charge on any atom is -0.335 e. The number of fused-ring (bicyclic) bond motifs is 2. The Bertz CT molecular complexity index is 1360. The summed E-state index contributed by atoms with van der Waals surface area (Å²) < 4.78 is 18.1. The molecule has 5 aromatic rings. The molecule has 0 fully saturated rings. The molecule has 5 rings (SSSR count). The highest BCUT2D eigenvalue weighted by Gasteiger charge is 2.18. The second-order valence-electron chi connectivity index (χ2n) is 7.11. The van der Waals surface area contributed by atoms with Crippen molar-refractivity contribution in [3.63, 3.8) is 0 Å². The molecule has 0 spiro atoms. The Labute approximate surface area is 167 Å². The van der Waals surface area contributed by atoms with Crippen molar-refractivity contribution in [1.82, 2.24) is 18.9 Å². The molecular weight excluding hydrogens is 363 g/mol. The molecule has 0 aliphatic heterocycles. The molecule has 5 heteroatoms. The predicted octanol–water partition coefficient (Wildman–Crippen LogP) is 5.49. The van der Waals surface area contributed by atoms with Gasteiger partial charge in [0, 0.05) is 41.7 Å². The Balaban J connectivity index is 1.76. The van der Waals surface area contributed by atoms with Gasteiger partial charge in [-0.3, -0.25) is 4.98 Å². The van der Waals surface area contributed by atoms with E-state index in [1.807, 2.05) is 48.7 Å². The van der Waals surface area contributed by atoms with Gasteiger partial charge in [0.05, 0.1) is 5.69 Å². The highest BCUT2D eigenvalue weighted by Crippen LogP contribution is 2.32. The van der Waals surface area contributed by atoms with Gasteiger partial charge in [0.25, 0.3) is 0 Å². The van der Waals surface area contributed by atoms with Crippen LogP contribution in [0.15, 0.2) is 73.7 Å². The summed E-state index contributed by atoms with van der Waals surface area (Å²) in [7, 11) is 0. The number of hydrogen-bond acceptors (Lipinski definition) is 2. The highest BCUT2D eigenvalue weighted by molar-refractivity contribution is 5.87. The SMILES string of the molecule is C=Cc1ccn2c(C)c(-c3cc4cc(F)ccc4n3Cc3ccncc3)nc2c1. The van der Waals surface area contributed by atoms with Crippen LogP contribution in [0.3, 0.4) is 0 Å². The number of benzene rings is 1. The summed E-state index contributed by atoms with van der Waals surface area (Å²) in [4.78, 5) is 9.01. The van der Waals surface area contributed by atoms with E-state index in [0.717, 1.165) is 44.8 Å². The number of rotatable bonds is 4. The van der Waals surface area contributed by atoms with Crippen LogP contribution in [-0.4, -0.2) is 18.9 Å². The van der Waals surface area contributed by atoms with Gasteiger partial charge < -0.3 is 8.97 Å². The average Bonchev–Trinajstić information content (AvgIpc) is 3.25. The van der Waals surface area contributed by atoms with Crippen molar-refractivity contribution in [2.24, 2.45) is 0 Å². The summed E-state index contributed by atoms with van der Waals surface area (Å²) in [6.07, 6.45) is 7.39. The van der Waals surface area contributed by atoms with Gasteiger partial charge in [-0.25, -0.2) is 9.37 Å². The van der Waals surface area contributed by atoms with Crippen LogP contribution in [0.5, 0.6) is 0 Å². The quantitative estimate of drug-likeness (QED) is 0.412. The minimum atomic E-state index is -0.243. The molecule has 0 aliphatic carbocycles. The zero-order valence-corrected chi connectivity index (χ0v) is 16.0. The van der Waals surface area contributed by atoms with Crippen molar-refractivity contribution in [3.05, 3.63) is 96.3 Å². The Kier molecular flexibility index (Phi) is 4.02. The maximum Gasteiger partial charge on any atom is 0.138 e. The Hall–Kier alpha value is -3.73. The lowest BCUT2D eigenvalue weighted by molar-refractivity contribution is 0.629. The van der Waals surface area contributed by atoms with E-state index < -0.39 is 0 Å². The first-order valence-corrected chi connectivity index (χ1v) is 9.43. The molecule has 0 aliphatic rings. The lowest BCUT2D eigenvalue weighted by Gasteiger charge is -2.10. The summed E-state index contributed by atoms with van der Waals surface area (Å²) >= 11 is 0. The van der Waals surface area contributed by atoms with Crippen molar-refractivity contribution in [2.75, 3.05) is 0 Å². The smallest absolute Gasteiger partial charge is 0.138 e. The molecule has 0 saturated heterocycles. The standard InChI is InChI=1S/C24H19FN4/c1-3-17-8-11-28-16(2)24(27-23(28)12-17)22-14-19-13-20(25)4-5-21(19)29(22)15-18-6-9-26-10-7-18/h3-14H,1,15H2,2H3. The van der Waals surface area contributed by atoms with E-state index in [0.29, 0.717) is 6.54 Å². The normalized spacial score (nSPS) is 11.4. The Morgan fingerprint density at radius 3 is 2.69 bits per heavy atom. The average molecular weight is 382 g/mol. The first-order valence-electron chi connectivity index (χ1n) is 9.43. The minimum absolute atomic E-state index is 0.243. The summed E-state index contributed by atoms with van der Waals surface area (Å²) in [6.45, 7) is 6.55. The molecule has 142 valence electrons. The molecule has 4 aromatic heterocycles. The van der Waals surface area contributed by atoms with Crippen LogP contribution in [-0.2, 0) is 6.54 Å². The number of pyridine rings is 2. The first kappa shape index (κ1) is 17.4. The molecule has 0 unspecified atom stereocenters. The fraction of sp³-hybridized carbons (Fsp3) is 0.0833. The van der Waals surface area contributed by atoms with E-state index in [9.17, 15) is 4.39 Å². The lowest BCUT2D eigenvalue weighted by atomic mass is 10.2. The zero-order valence-electron chi connectivity index (χ0n) is 16.0. The number of halogens is 1. The van der Waals surface area contributed by atoms with Crippen LogP contribution >= 0.6 is 0 Å². The van der Waals surface area contributed by atoms with Crippen LogP contribution in [0.2, 0.25) is 0 Å². The van der Waals surface area contributed by atoms with Gasteiger partial charge in [0.15, 0.2) is 0 Å². The summed E-state index contributed by atoms with van der Waals surface area (Å²) in [5.74, 6) is -0.243. The van der Waals surface area contributed by atoms with Gasteiger partial charge in [-0.05, 0) is 66.6 Å². The van der Waals surface area contributed by atoms with Crippen LogP contribution in [0.1, 0.15) is 16.8 Å². The fourth-order valence-corrected chi connectivity index (χ4v) is 3.83. The number of hydrogen-bond donors (Lipinski definition) is 0. The third kappa shape index (κ3) is 2.91. The van der Waals surface area contributed by atoms with E-state index in [1.54, 1.807) is 18.5 Å². The van der Waals surface area contributed by atoms with Crippen molar-refractivity contribution in [2.45, 2.75) is 13.5 Å². The van der Waals surface area contributed by atoms with Gasteiger partial charge in [0.1, 0.15) is 17.2 Å². The monoisotopic (exact) mass is 382 g/mol. The van der Waals surface area contributed by atoms with Gasteiger partial charge in [-0.15, -0.1) is 0 Å². The second kappa shape index (κ2) is 6.71. The van der Waals surface area contributed by atoms with Gasteiger partial charge in [-0.1, -0.05) is 12.7 Å². The van der Waals surface area contributed by atoms with Crippen LogP contribution in [0.25, 0.3) is 34.0 Å². The summed E-state index contributed by atoms with van der Waals surface area (Å²) in [5.41, 5.74) is 6.87. The molecule has 0 bridgehead atoms. The van der Waals surface area contributed by atoms with Crippen LogP contribution in [0, 0.1) is 12.7 Å². The Morgan fingerprint density at radius 1 is 1.07 bits per heavy atom.